The van der Waals surface area contributed by atoms with E-state index in [1.54, 1.807) is 83.9 Å². The van der Waals surface area contributed by atoms with Crippen LogP contribution >= 0.6 is 38.4 Å². The molecular weight excluding hydrogens is 1510 g/mol. The third-order valence-electron chi connectivity index (χ3n) is 17.4. The molecule has 7 aromatic rings. The van der Waals surface area contributed by atoms with Crippen LogP contribution in [-0.2, 0) is 101 Å². The molecule has 560 valence electrons. The Bertz CT molecular complexity index is 4940. The highest BCUT2D eigenvalue weighted by Gasteiger charge is 2.64. The van der Waals surface area contributed by atoms with Crippen LogP contribution in [0.3, 0.4) is 0 Å². The molecule has 21 nitrogen and oxygen atoms in total. The Kier molecular flexibility index (Phi) is 22.4. The number of rotatable bonds is 23. The van der Waals surface area contributed by atoms with Crippen molar-refractivity contribution in [1.82, 2.24) is 35.2 Å². The minimum atomic E-state index is -5.29. The number of amides is 3. The van der Waals surface area contributed by atoms with E-state index in [2.05, 4.69) is 37.7 Å². The third-order valence-corrected chi connectivity index (χ3v) is 23.2. The maximum Gasteiger partial charge on any atom is 0.535 e. The molecule has 9 rings (SSSR count). The number of ether oxygens (including phenoxy) is 1. The maximum atomic E-state index is 16.2. The zero-order valence-electron chi connectivity index (χ0n) is 57.3. The molecule has 0 spiro atoms. The number of esters is 1. The molecule has 0 radical (unpaired) electrons. The van der Waals surface area contributed by atoms with Gasteiger partial charge in [-0.15, -0.1) is 0 Å². The summed E-state index contributed by atoms with van der Waals surface area (Å²) in [5.74, 6) is -10.3. The average molecular weight is 1580 g/mol. The zero-order chi connectivity index (χ0) is 77.4. The fraction of sp³-hybridized carbons (Fsp3) is 0.418. The summed E-state index contributed by atoms with van der Waals surface area (Å²) in [6.45, 7) is 9.61. The second-order valence-corrected chi connectivity index (χ2v) is 35.4. The monoisotopic (exact) mass is 1580 g/mol. The summed E-state index contributed by atoms with van der Waals surface area (Å²) in [5, 5.41) is 11.6. The third kappa shape index (κ3) is 17.4. The molecule has 0 aliphatic heterocycles. The van der Waals surface area contributed by atoms with Crippen molar-refractivity contribution >= 4 is 98.6 Å². The number of carbonyl (C=O) groups is 4. The normalized spacial score (nSPS) is 16.0. The quantitative estimate of drug-likeness (QED) is 0.0261. The molecule has 2 N–H and O–H groups in total. The number of hydrogen-bond acceptors (Lipinski definition) is 16. The average Bonchev–Trinajstić information content (AvgIpc) is 1.46. The molecule has 2 aliphatic rings. The van der Waals surface area contributed by atoms with Gasteiger partial charge in [-0.3, -0.25) is 37.2 Å². The number of anilines is 1. The molecule has 37 heteroatoms. The van der Waals surface area contributed by atoms with Crippen molar-refractivity contribution in [2.24, 2.45) is 5.92 Å². The van der Waals surface area contributed by atoms with E-state index in [-0.39, 0.29) is 54.5 Å². The Balaban J connectivity index is 1.25. The number of pyridine rings is 1. The number of aromatic nitrogens is 5. The van der Waals surface area contributed by atoms with Gasteiger partial charge in [0.15, 0.2) is 21.3 Å². The van der Waals surface area contributed by atoms with Crippen molar-refractivity contribution in [3.05, 3.63) is 158 Å². The minimum absolute atomic E-state index is 0.0255. The fourth-order valence-electron chi connectivity index (χ4n) is 12.6. The topological polar surface area (TPSA) is 266 Å². The molecule has 1 saturated carbocycles. The second-order valence-electron chi connectivity index (χ2n) is 27.8. The lowest BCUT2D eigenvalue weighted by Crippen LogP contribution is -2.41. The molecule has 3 heterocycles. The van der Waals surface area contributed by atoms with Crippen LogP contribution < -0.4 is 19.5 Å². The standard InChI is InChI=1S/C67H70ClF10N8O13P3S2/c1-61(2,3)96-51(89)30-36-28-37(60(90)81-64(8,9)38-15-13-12-14-16-38)29-48(97-102(91,98-100)99-101)54(36)62(4,5)32-50(88)86(104(11,94)95)59-53-46(68)22-20-43(56(53)85(83-59)34-65(71,72)73)42-18-17-41(23-24-63(6,7)103(10,92)93)79-55(42)47(27-35-25-39(69)31-40(70)26-35)80-49(87)33-84-58-52(57(82-84)67(76,77)78)44-19-21-45(44)66(58,74)75/h12-18,20,22,25-26,28-29,31,44-45,47H,19,21,27,30,32-34,100-101H2,1-11H3,(H,80,87)(H,81,90)/t44-,45+,47-/m0/s1. The van der Waals surface area contributed by atoms with Crippen molar-refractivity contribution in [1.29, 1.82) is 0 Å². The first-order chi connectivity index (χ1) is 47.8. The van der Waals surface area contributed by atoms with Crippen LogP contribution in [0.5, 0.6) is 5.75 Å². The first kappa shape index (κ1) is 80.5. The Morgan fingerprint density at radius 3 is 2.01 bits per heavy atom. The van der Waals surface area contributed by atoms with Crippen LogP contribution in [0.2, 0.25) is 5.02 Å². The molecule has 104 heavy (non-hydrogen) atoms. The van der Waals surface area contributed by atoms with E-state index in [0.29, 0.717) is 17.9 Å². The number of phosphoric acid groups is 1. The summed E-state index contributed by atoms with van der Waals surface area (Å²) < 4.78 is 242. The lowest BCUT2D eigenvalue weighted by Gasteiger charge is -2.34. The molecule has 5 atom stereocenters. The zero-order valence-corrected chi connectivity index (χ0v) is 62.9. The van der Waals surface area contributed by atoms with Gasteiger partial charge in [-0.1, -0.05) is 67.8 Å². The van der Waals surface area contributed by atoms with Crippen molar-refractivity contribution < 1.29 is 102 Å². The van der Waals surface area contributed by atoms with Gasteiger partial charge in [0.1, 0.15) is 52.2 Å². The lowest BCUT2D eigenvalue weighted by atomic mass is 9.73. The summed E-state index contributed by atoms with van der Waals surface area (Å²) in [5.41, 5.74) is -10.7. The van der Waals surface area contributed by atoms with Crippen molar-refractivity contribution in [3.63, 3.8) is 0 Å². The number of nitrogens with zero attached hydrogens (tertiary/aromatic N) is 6. The number of sulfone groups is 1. The molecule has 2 unspecified atom stereocenters. The van der Waals surface area contributed by atoms with E-state index in [9.17, 15) is 49.0 Å². The van der Waals surface area contributed by atoms with Crippen LogP contribution in [0.4, 0.5) is 49.7 Å². The minimum Gasteiger partial charge on any atom is -0.460 e. The second kappa shape index (κ2) is 29.0. The summed E-state index contributed by atoms with van der Waals surface area (Å²) >= 11 is 6.96. The molecule has 4 aromatic carbocycles. The molecule has 0 bridgehead atoms. The molecule has 3 aromatic heterocycles. The smallest absolute Gasteiger partial charge is 0.460 e. The van der Waals surface area contributed by atoms with E-state index < -0.39 is 214 Å². The van der Waals surface area contributed by atoms with E-state index in [4.69, 9.17) is 29.5 Å². The van der Waals surface area contributed by atoms with Gasteiger partial charge in [-0.05, 0) is 139 Å². The van der Waals surface area contributed by atoms with Gasteiger partial charge in [0, 0.05) is 76.8 Å². The number of fused-ring (bicyclic) bond motifs is 4. The summed E-state index contributed by atoms with van der Waals surface area (Å²) in [4.78, 5) is 63.3. The highest BCUT2D eigenvalue weighted by molar-refractivity contribution is 7.93. The largest absolute Gasteiger partial charge is 0.535 e. The Hall–Kier alpha value is -7.55. The molecule has 1 fully saturated rings. The molecule has 2 aliphatic carbocycles. The summed E-state index contributed by atoms with van der Waals surface area (Å²) in [6, 6.07) is 15.4. The van der Waals surface area contributed by atoms with Crippen molar-refractivity contribution in [3.8, 4) is 28.7 Å². The van der Waals surface area contributed by atoms with Gasteiger partial charge < -0.3 is 19.9 Å². The Morgan fingerprint density at radius 2 is 1.45 bits per heavy atom. The van der Waals surface area contributed by atoms with E-state index in [0.717, 1.165) is 48.7 Å². The molecular formula is C67H70ClF10N8O13P3S2. The van der Waals surface area contributed by atoms with Gasteiger partial charge in [0.05, 0.1) is 45.9 Å². The van der Waals surface area contributed by atoms with Gasteiger partial charge in [-0.25, -0.2) is 35.2 Å². The number of halogens is 11. The van der Waals surface area contributed by atoms with Gasteiger partial charge in [0.2, 0.25) is 21.8 Å². The highest BCUT2D eigenvalue weighted by Crippen LogP contribution is 2.64. The van der Waals surface area contributed by atoms with Crippen LogP contribution in [0, 0.1) is 29.4 Å². The predicted octanol–water partition coefficient (Wildman–Crippen LogP) is 14.0. The maximum absolute atomic E-state index is 16.2. The summed E-state index contributed by atoms with van der Waals surface area (Å²) in [6.07, 6.45) is -12.1. The molecule has 0 saturated heterocycles. The number of sulfonamides is 1. The number of benzene rings is 4. The first-order valence-electron chi connectivity index (χ1n) is 31.5. The lowest BCUT2D eigenvalue weighted by molar-refractivity contribution is -0.154. The summed E-state index contributed by atoms with van der Waals surface area (Å²) in [7, 11) is -10.6. The number of alkyl halides is 8. The number of nitrogens with one attached hydrogen (secondary N) is 2. The van der Waals surface area contributed by atoms with E-state index >= 15 is 35.5 Å². The van der Waals surface area contributed by atoms with Crippen LogP contribution in [0.15, 0.2) is 84.9 Å². The predicted molar refractivity (Wildman–Crippen MR) is 370 cm³/mol. The van der Waals surface area contributed by atoms with Gasteiger partial charge in [-0.2, -0.15) is 49.6 Å². The van der Waals surface area contributed by atoms with E-state index in [1.807, 2.05) is 0 Å². The number of carbonyl (C=O) groups excluding carboxylic acids is 4. The Labute approximate surface area is 601 Å². The number of hydrogen-bond donors (Lipinski definition) is 2. The first-order valence-corrected chi connectivity index (χ1v) is 38.0. The fourth-order valence-corrected chi connectivity index (χ4v) is 15.3. The van der Waals surface area contributed by atoms with Crippen LogP contribution in [0.25, 0.3) is 22.0 Å². The van der Waals surface area contributed by atoms with Crippen LogP contribution in [0.1, 0.15) is 154 Å². The highest BCUT2D eigenvalue weighted by atomic mass is 35.5. The molecule has 3 amide bonds. The van der Waals surface area contributed by atoms with Crippen molar-refractivity contribution in [2.45, 2.75) is 159 Å². The van der Waals surface area contributed by atoms with Gasteiger partial charge >= 0.3 is 26.1 Å². The SMILES string of the molecule is CC(C)(C)OC(=O)Cc1cc(C(=O)NC(C)(C)c2ccccc2)cc(OP(=O)(OP)OP)c1C(C)(C)CC(=O)N(c1nn(CC(F)(F)F)c2c(-c3ccc(C#CC(C)(C)S(C)(=O)=O)nc3[C@H](Cc3cc(F)cc(F)c3)NC(=O)Cn3nc(C(F)(F)F)c4c3C(F)(F)[C@@H]3CC[C@H]43)ccc(Cl)c12)S(C)(=O)=O. The van der Waals surface area contributed by atoms with E-state index in [1.165, 1.54) is 33.8 Å². The Morgan fingerprint density at radius 1 is 0.827 bits per heavy atom. The van der Waals surface area contributed by atoms with Gasteiger partial charge in [0.25, 0.3) is 11.8 Å². The van der Waals surface area contributed by atoms with Crippen LogP contribution in [-0.4, -0.2) is 94.1 Å². The van der Waals surface area contributed by atoms with Crippen molar-refractivity contribution in [2.75, 3.05) is 16.8 Å².